The van der Waals surface area contributed by atoms with E-state index in [0.717, 1.165) is 34.4 Å². The van der Waals surface area contributed by atoms with Crippen LogP contribution in [0.4, 0.5) is 13.2 Å². The number of aryl methyl sites for hydroxylation is 1. The van der Waals surface area contributed by atoms with Gasteiger partial charge < -0.3 is 0 Å². The van der Waals surface area contributed by atoms with E-state index >= 15 is 0 Å². The molecule has 0 atom stereocenters. The van der Waals surface area contributed by atoms with E-state index in [2.05, 4.69) is 24.3 Å². The van der Waals surface area contributed by atoms with E-state index < -0.39 is 17.5 Å². The Morgan fingerprint density at radius 1 is 0.429 bits per heavy atom. The first-order valence-corrected chi connectivity index (χ1v) is 8.94. The molecule has 4 aromatic rings. The summed E-state index contributed by atoms with van der Waals surface area (Å²) in [5.74, 6) is -2.42. The minimum Gasteiger partial charge on any atom is -0.206 e. The smallest absolute Gasteiger partial charge is 0.159 e. The van der Waals surface area contributed by atoms with Gasteiger partial charge in [-0.3, -0.25) is 0 Å². The summed E-state index contributed by atoms with van der Waals surface area (Å²) >= 11 is 0. The van der Waals surface area contributed by atoms with Crippen molar-refractivity contribution in [3.05, 3.63) is 108 Å². The van der Waals surface area contributed by atoms with Crippen LogP contribution in [0.15, 0.2) is 84.9 Å². The van der Waals surface area contributed by atoms with E-state index in [9.17, 15) is 13.2 Å². The van der Waals surface area contributed by atoms with E-state index in [1.165, 1.54) is 17.7 Å². The fourth-order valence-corrected chi connectivity index (χ4v) is 3.19. The van der Waals surface area contributed by atoms with Gasteiger partial charge in [-0.05, 0) is 52.9 Å². The Kier molecular flexibility index (Phi) is 4.74. The van der Waals surface area contributed by atoms with Crippen molar-refractivity contribution < 1.29 is 13.2 Å². The number of benzene rings is 4. The zero-order valence-corrected chi connectivity index (χ0v) is 15.2. The second kappa shape index (κ2) is 7.35. The van der Waals surface area contributed by atoms with E-state index in [4.69, 9.17) is 0 Å². The molecular formula is C25H17F3. The van der Waals surface area contributed by atoms with Gasteiger partial charge in [-0.25, -0.2) is 13.2 Å². The van der Waals surface area contributed by atoms with Crippen LogP contribution in [-0.4, -0.2) is 0 Å². The summed E-state index contributed by atoms with van der Waals surface area (Å²) < 4.78 is 41.2. The molecule has 0 spiro atoms. The molecule has 0 aliphatic heterocycles. The van der Waals surface area contributed by atoms with Crippen LogP contribution in [0.1, 0.15) is 5.56 Å². The second-order valence-corrected chi connectivity index (χ2v) is 6.77. The first-order chi connectivity index (χ1) is 13.5. The monoisotopic (exact) mass is 374 g/mol. The topological polar surface area (TPSA) is 0 Å². The molecule has 0 aromatic heterocycles. The molecule has 0 aliphatic rings. The Hall–Kier alpha value is -3.33. The van der Waals surface area contributed by atoms with Crippen molar-refractivity contribution >= 4 is 0 Å². The summed E-state index contributed by atoms with van der Waals surface area (Å²) in [5, 5.41) is 0. The highest BCUT2D eigenvalue weighted by molar-refractivity contribution is 5.73. The first-order valence-electron chi connectivity index (χ1n) is 8.94. The Bertz CT molecular complexity index is 1130. The van der Waals surface area contributed by atoms with Gasteiger partial charge in [0.25, 0.3) is 0 Å². The van der Waals surface area contributed by atoms with Crippen molar-refractivity contribution in [2.75, 3.05) is 0 Å². The molecule has 0 saturated carbocycles. The number of hydrogen-bond acceptors (Lipinski definition) is 0. The standard InChI is InChI=1S/C25H17F3/c1-16-2-4-17(5-3-16)18-6-8-19(9-7-18)20-10-12-22(24(27)14-20)21-11-13-23(26)25(28)15-21/h2-15H,1H3. The molecule has 28 heavy (non-hydrogen) atoms. The summed E-state index contributed by atoms with van der Waals surface area (Å²) in [6, 6.07) is 24.3. The van der Waals surface area contributed by atoms with E-state index in [-0.39, 0.29) is 5.56 Å². The summed E-state index contributed by atoms with van der Waals surface area (Å²) in [6.45, 7) is 2.05. The molecule has 0 aliphatic carbocycles. The molecular weight excluding hydrogens is 357 g/mol. The van der Waals surface area contributed by atoms with Gasteiger partial charge >= 0.3 is 0 Å². The highest BCUT2D eigenvalue weighted by Crippen LogP contribution is 2.30. The largest absolute Gasteiger partial charge is 0.206 e. The van der Waals surface area contributed by atoms with Crippen molar-refractivity contribution in [1.29, 1.82) is 0 Å². The lowest BCUT2D eigenvalue weighted by Crippen LogP contribution is -1.90. The second-order valence-electron chi connectivity index (χ2n) is 6.77. The fourth-order valence-electron chi connectivity index (χ4n) is 3.19. The SMILES string of the molecule is Cc1ccc(-c2ccc(-c3ccc(-c4ccc(F)c(F)c4)c(F)c3)cc2)cc1. The van der Waals surface area contributed by atoms with Crippen LogP contribution in [0, 0.1) is 24.4 Å². The molecule has 0 nitrogen and oxygen atoms in total. The lowest BCUT2D eigenvalue weighted by molar-refractivity contribution is 0.509. The average molecular weight is 374 g/mol. The molecule has 0 bridgehead atoms. The highest BCUT2D eigenvalue weighted by Gasteiger charge is 2.10. The van der Waals surface area contributed by atoms with Gasteiger partial charge in [-0.15, -0.1) is 0 Å². The zero-order chi connectivity index (χ0) is 19.7. The van der Waals surface area contributed by atoms with E-state index in [0.29, 0.717) is 5.56 Å². The molecule has 4 aromatic carbocycles. The van der Waals surface area contributed by atoms with Gasteiger partial charge in [-0.2, -0.15) is 0 Å². The van der Waals surface area contributed by atoms with Gasteiger partial charge in [0.1, 0.15) is 5.82 Å². The van der Waals surface area contributed by atoms with Crippen molar-refractivity contribution in [3.8, 4) is 33.4 Å². The van der Waals surface area contributed by atoms with Crippen LogP contribution in [0.2, 0.25) is 0 Å². The molecule has 3 heteroatoms. The summed E-state index contributed by atoms with van der Waals surface area (Å²) in [7, 11) is 0. The van der Waals surface area contributed by atoms with Crippen LogP contribution in [0.3, 0.4) is 0 Å². The number of hydrogen-bond donors (Lipinski definition) is 0. The summed E-state index contributed by atoms with van der Waals surface area (Å²) in [4.78, 5) is 0. The summed E-state index contributed by atoms with van der Waals surface area (Å²) in [6.07, 6.45) is 0. The number of halogens is 3. The Labute approximate surface area is 161 Å². The zero-order valence-electron chi connectivity index (χ0n) is 15.2. The average Bonchev–Trinajstić information content (AvgIpc) is 2.71. The minimum absolute atomic E-state index is 0.235. The van der Waals surface area contributed by atoms with Gasteiger partial charge in [0.05, 0.1) is 0 Å². The molecule has 138 valence electrons. The van der Waals surface area contributed by atoms with Gasteiger partial charge in [0, 0.05) is 5.56 Å². The predicted octanol–water partition coefficient (Wildman–Crippen LogP) is 7.41. The molecule has 0 amide bonds. The quantitative estimate of drug-likeness (QED) is 0.350. The molecule has 0 saturated heterocycles. The van der Waals surface area contributed by atoms with Gasteiger partial charge in [0.2, 0.25) is 0 Å². The summed E-state index contributed by atoms with van der Waals surface area (Å²) in [5.41, 5.74) is 5.55. The first kappa shape index (κ1) is 18.1. The maximum atomic E-state index is 14.6. The van der Waals surface area contributed by atoms with Crippen LogP contribution in [-0.2, 0) is 0 Å². The molecule has 0 heterocycles. The third-order valence-corrected chi connectivity index (χ3v) is 4.80. The lowest BCUT2D eigenvalue weighted by atomic mass is 9.97. The van der Waals surface area contributed by atoms with Crippen LogP contribution >= 0.6 is 0 Å². The maximum absolute atomic E-state index is 14.6. The van der Waals surface area contributed by atoms with Crippen molar-refractivity contribution in [1.82, 2.24) is 0 Å². The third kappa shape index (κ3) is 3.56. The Balaban J connectivity index is 1.63. The lowest BCUT2D eigenvalue weighted by Gasteiger charge is -2.09. The van der Waals surface area contributed by atoms with E-state index in [1.807, 2.05) is 31.2 Å². The molecule has 0 fully saturated rings. The van der Waals surface area contributed by atoms with Crippen molar-refractivity contribution in [2.45, 2.75) is 6.92 Å². The third-order valence-electron chi connectivity index (χ3n) is 4.80. The van der Waals surface area contributed by atoms with Crippen molar-refractivity contribution in [3.63, 3.8) is 0 Å². The fraction of sp³-hybridized carbons (Fsp3) is 0.0400. The normalized spacial score (nSPS) is 10.9. The molecule has 0 N–H and O–H groups in total. The van der Waals surface area contributed by atoms with Crippen molar-refractivity contribution in [2.24, 2.45) is 0 Å². The molecule has 4 rings (SSSR count). The minimum atomic E-state index is -0.993. The number of rotatable bonds is 3. The van der Waals surface area contributed by atoms with Crippen LogP contribution in [0.25, 0.3) is 33.4 Å². The van der Waals surface area contributed by atoms with E-state index in [1.54, 1.807) is 12.1 Å². The predicted molar refractivity (Wildman–Crippen MR) is 107 cm³/mol. The molecule has 0 unspecified atom stereocenters. The Morgan fingerprint density at radius 2 is 0.893 bits per heavy atom. The van der Waals surface area contributed by atoms with Crippen LogP contribution < -0.4 is 0 Å². The van der Waals surface area contributed by atoms with Gasteiger partial charge in [0.15, 0.2) is 11.6 Å². The van der Waals surface area contributed by atoms with Gasteiger partial charge in [-0.1, -0.05) is 72.3 Å². The molecule has 0 radical (unpaired) electrons. The van der Waals surface area contributed by atoms with Crippen LogP contribution in [0.5, 0.6) is 0 Å². The Morgan fingerprint density at radius 3 is 1.46 bits per heavy atom. The highest BCUT2D eigenvalue weighted by atomic mass is 19.2. The maximum Gasteiger partial charge on any atom is 0.159 e.